The third-order valence-electron chi connectivity index (χ3n) is 5.55. The van der Waals surface area contributed by atoms with Crippen LogP contribution < -0.4 is 0 Å². The number of fused-ring (bicyclic) bond motifs is 2. The number of rotatable bonds is 2. The van der Waals surface area contributed by atoms with Gasteiger partial charge in [-0.15, -0.1) is 0 Å². The fourth-order valence-corrected chi connectivity index (χ4v) is 4.25. The molecule has 1 atom stereocenters. The maximum atomic E-state index is 13.5. The summed E-state index contributed by atoms with van der Waals surface area (Å²) in [6.45, 7) is 0.691. The van der Waals surface area contributed by atoms with Gasteiger partial charge in [0.2, 0.25) is 0 Å². The fraction of sp³-hybridized carbons (Fsp3) is 0.421. The van der Waals surface area contributed by atoms with Crippen molar-refractivity contribution < 1.29 is 9.18 Å². The number of piperidine rings is 1. The highest BCUT2D eigenvalue weighted by Crippen LogP contribution is 2.33. The summed E-state index contributed by atoms with van der Waals surface area (Å²) in [4.78, 5) is 22.9. The molecule has 0 spiro atoms. The van der Waals surface area contributed by atoms with Crippen LogP contribution in [0.25, 0.3) is 11.0 Å². The lowest BCUT2D eigenvalue weighted by Gasteiger charge is -2.34. The third kappa shape index (κ3) is 2.41. The highest BCUT2D eigenvalue weighted by Gasteiger charge is 2.34. The zero-order chi connectivity index (χ0) is 17.7. The molecular formula is C19H20FN5O. The number of H-pyrrole nitrogens is 2. The second-order valence-electron chi connectivity index (χ2n) is 7.18. The number of imidazole rings is 1. The number of hydrogen-bond acceptors (Lipinski definition) is 3. The van der Waals surface area contributed by atoms with Crippen molar-refractivity contribution in [3.63, 3.8) is 0 Å². The third-order valence-corrected chi connectivity index (χ3v) is 5.55. The fourth-order valence-electron chi connectivity index (χ4n) is 4.25. The molecule has 2 N–H and O–H groups in total. The number of aromatic amines is 2. The molecule has 1 amide bonds. The Balaban J connectivity index is 1.50. The van der Waals surface area contributed by atoms with E-state index in [1.807, 2.05) is 4.90 Å². The number of carbonyl (C=O) groups is 1. The highest BCUT2D eigenvalue weighted by molar-refractivity contribution is 5.94. The Morgan fingerprint density at radius 3 is 3.08 bits per heavy atom. The van der Waals surface area contributed by atoms with Gasteiger partial charge in [-0.05, 0) is 56.7 Å². The lowest BCUT2D eigenvalue weighted by molar-refractivity contribution is 0.0594. The van der Waals surface area contributed by atoms with Crippen LogP contribution in [0.2, 0.25) is 0 Å². The topological polar surface area (TPSA) is 77.7 Å². The molecule has 1 aliphatic carbocycles. The van der Waals surface area contributed by atoms with E-state index in [0.717, 1.165) is 61.1 Å². The van der Waals surface area contributed by atoms with E-state index in [1.54, 1.807) is 6.07 Å². The Labute approximate surface area is 149 Å². The van der Waals surface area contributed by atoms with Crippen molar-refractivity contribution in [3.05, 3.63) is 46.8 Å². The van der Waals surface area contributed by atoms with E-state index in [4.69, 9.17) is 0 Å². The molecule has 0 unspecified atom stereocenters. The van der Waals surface area contributed by atoms with Crippen LogP contribution >= 0.6 is 0 Å². The van der Waals surface area contributed by atoms with Crippen molar-refractivity contribution in [2.45, 2.75) is 44.6 Å². The average molecular weight is 353 g/mol. The minimum atomic E-state index is -0.295. The summed E-state index contributed by atoms with van der Waals surface area (Å²) in [5.74, 6) is 0.405. The number of amides is 1. The first-order chi connectivity index (χ1) is 12.7. The van der Waals surface area contributed by atoms with Gasteiger partial charge in [0.25, 0.3) is 5.91 Å². The summed E-state index contributed by atoms with van der Waals surface area (Å²) in [6.07, 6.45) is 5.81. The van der Waals surface area contributed by atoms with Crippen LogP contribution in [-0.4, -0.2) is 37.5 Å². The lowest BCUT2D eigenvalue weighted by Crippen LogP contribution is -2.39. The number of halogens is 1. The molecule has 6 nitrogen and oxygen atoms in total. The summed E-state index contributed by atoms with van der Waals surface area (Å²) in [7, 11) is 0. The molecule has 1 aliphatic heterocycles. The molecule has 134 valence electrons. The van der Waals surface area contributed by atoms with Gasteiger partial charge >= 0.3 is 0 Å². The molecule has 3 aromatic rings. The molecule has 7 heteroatoms. The number of carbonyl (C=O) groups excluding carboxylic acids is 1. The van der Waals surface area contributed by atoms with Gasteiger partial charge in [-0.2, -0.15) is 5.10 Å². The van der Waals surface area contributed by atoms with Crippen LogP contribution in [0.1, 0.15) is 59.3 Å². The van der Waals surface area contributed by atoms with E-state index in [2.05, 4.69) is 20.2 Å². The number of aryl methyl sites for hydroxylation is 1. The number of hydrogen-bond donors (Lipinski definition) is 2. The first-order valence-corrected chi connectivity index (χ1v) is 9.23. The van der Waals surface area contributed by atoms with Gasteiger partial charge in [0, 0.05) is 17.8 Å². The van der Waals surface area contributed by atoms with Crippen LogP contribution in [-0.2, 0) is 12.8 Å². The van der Waals surface area contributed by atoms with Gasteiger partial charge < -0.3 is 9.88 Å². The van der Waals surface area contributed by atoms with Crippen LogP contribution in [0.15, 0.2) is 18.2 Å². The first-order valence-electron chi connectivity index (χ1n) is 9.23. The molecule has 5 rings (SSSR count). The number of nitrogens with one attached hydrogen (secondary N) is 2. The highest BCUT2D eigenvalue weighted by atomic mass is 19.1. The van der Waals surface area contributed by atoms with Crippen LogP contribution in [0, 0.1) is 5.82 Å². The van der Waals surface area contributed by atoms with Crippen molar-refractivity contribution in [2.75, 3.05) is 6.54 Å². The normalized spacial score (nSPS) is 19.9. The summed E-state index contributed by atoms with van der Waals surface area (Å²) >= 11 is 0. The van der Waals surface area contributed by atoms with E-state index < -0.39 is 0 Å². The van der Waals surface area contributed by atoms with E-state index in [-0.39, 0.29) is 17.8 Å². The lowest BCUT2D eigenvalue weighted by atomic mass is 10.0. The Bertz CT molecular complexity index is 991. The van der Waals surface area contributed by atoms with Crippen LogP contribution in [0.4, 0.5) is 4.39 Å². The van der Waals surface area contributed by atoms with Crippen LogP contribution in [0.3, 0.4) is 0 Å². The van der Waals surface area contributed by atoms with E-state index in [9.17, 15) is 9.18 Å². The Kier molecular flexibility index (Phi) is 3.55. The summed E-state index contributed by atoms with van der Waals surface area (Å²) in [5, 5.41) is 7.32. The van der Waals surface area contributed by atoms with Crippen LogP contribution in [0.5, 0.6) is 0 Å². The maximum absolute atomic E-state index is 13.5. The Morgan fingerprint density at radius 1 is 1.23 bits per heavy atom. The zero-order valence-electron chi connectivity index (χ0n) is 14.4. The largest absolute Gasteiger partial charge is 0.340 e. The first kappa shape index (κ1) is 15.5. The van der Waals surface area contributed by atoms with Gasteiger partial charge in [-0.25, -0.2) is 9.37 Å². The average Bonchev–Trinajstić information content (AvgIpc) is 3.35. The summed E-state index contributed by atoms with van der Waals surface area (Å²) in [6, 6.07) is 4.39. The van der Waals surface area contributed by atoms with Crippen molar-refractivity contribution in [1.29, 1.82) is 0 Å². The predicted octanol–water partition coefficient (Wildman–Crippen LogP) is 3.28. The van der Waals surface area contributed by atoms with E-state index >= 15 is 0 Å². The number of nitrogens with zero attached hydrogens (tertiary/aromatic N) is 3. The predicted molar refractivity (Wildman–Crippen MR) is 94.3 cm³/mol. The van der Waals surface area contributed by atoms with Crippen molar-refractivity contribution in [1.82, 2.24) is 25.1 Å². The maximum Gasteiger partial charge on any atom is 0.275 e. The molecule has 0 radical (unpaired) electrons. The molecule has 3 heterocycles. The zero-order valence-corrected chi connectivity index (χ0v) is 14.4. The number of benzene rings is 1. The van der Waals surface area contributed by atoms with Gasteiger partial charge in [0.05, 0.1) is 17.1 Å². The minimum absolute atomic E-state index is 0.0271. The number of aromatic nitrogens is 4. The molecule has 1 aromatic carbocycles. The molecule has 0 bridgehead atoms. The van der Waals surface area contributed by atoms with Gasteiger partial charge in [0.1, 0.15) is 11.6 Å². The van der Waals surface area contributed by atoms with Gasteiger partial charge in [-0.3, -0.25) is 9.89 Å². The second kappa shape index (κ2) is 5.93. The molecule has 2 aromatic heterocycles. The van der Waals surface area contributed by atoms with Gasteiger partial charge in [-0.1, -0.05) is 0 Å². The van der Waals surface area contributed by atoms with Crippen molar-refractivity contribution in [2.24, 2.45) is 0 Å². The van der Waals surface area contributed by atoms with Crippen molar-refractivity contribution in [3.8, 4) is 0 Å². The van der Waals surface area contributed by atoms with Crippen molar-refractivity contribution >= 4 is 16.9 Å². The standard InChI is InChI=1S/C19H20FN5O/c20-11-7-8-14-15(10-11)22-18(21-14)16-6-1-2-9-25(16)19(26)17-12-4-3-5-13(12)23-24-17/h7-8,10,16H,1-6,9H2,(H,21,22)(H,23,24)/t16-/m1/s1. The molecule has 2 aliphatic rings. The smallest absolute Gasteiger partial charge is 0.275 e. The van der Waals surface area contributed by atoms with E-state index in [0.29, 0.717) is 17.8 Å². The molecule has 0 saturated carbocycles. The number of likely N-dealkylation sites (tertiary alicyclic amines) is 1. The molecule has 1 saturated heterocycles. The van der Waals surface area contributed by atoms with E-state index in [1.165, 1.54) is 12.1 Å². The molecule has 26 heavy (non-hydrogen) atoms. The summed E-state index contributed by atoms with van der Waals surface area (Å²) in [5.41, 5.74) is 4.12. The minimum Gasteiger partial charge on any atom is -0.340 e. The second-order valence-corrected chi connectivity index (χ2v) is 7.18. The Morgan fingerprint density at radius 2 is 2.15 bits per heavy atom. The monoisotopic (exact) mass is 353 g/mol. The summed E-state index contributed by atoms with van der Waals surface area (Å²) < 4.78 is 13.5. The Hall–Kier alpha value is -2.70. The molecular weight excluding hydrogens is 333 g/mol. The van der Waals surface area contributed by atoms with Gasteiger partial charge in [0.15, 0.2) is 5.69 Å². The quantitative estimate of drug-likeness (QED) is 0.742. The molecule has 1 fully saturated rings. The SMILES string of the molecule is O=C(c1n[nH]c2c1CCC2)N1CCCC[C@@H]1c1nc2ccc(F)cc2[nH]1.